The third kappa shape index (κ3) is 6.27. The number of aryl methyl sites for hydroxylation is 1. The molecule has 34 heavy (non-hydrogen) atoms. The highest BCUT2D eigenvalue weighted by Gasteiger charge is 2.24. The fourth-order valence-electron chi connectivity index (χ4n) is 3.19. The van der Waals surface area contributed by atoms with Crippen molar-refractivity contribution in [2.45, 2.75) is 11.8 Å². The van der Waals surface area contributed by atoms with Crippen LogP contribution in [0.15, 0.2) is 77.7 Å². The van der Waals surface area contributed by atoms with Crippen LogP contribution in [-0.2, 0) is 24.8 Å². The fraction of sp³-hybridized carbons (Fsp3) is 0.174. The van der Waals surface area contributed by atoms with Crippen LogP contribution >= 0.6 is 0 Å². The fourth-order valence-corrected chi connectivity index (χ4v) is 5.10. The lowest BCUT2D eigenvalue weighted by Gasteiger charge is -2.23. The summed E-state index contributed by atoms with van der Waals surface area (Å²) in [5, 5.41) is 2.59. The number of rotatable bonds is 9. The van der Waals surface area contributed by atoms with Gasteiger partial charge in [0.05, 0.1) is 23.9 Å². The molecule has 11 heteroatoms. The van der Waals surface area contributed by atoms with Gasteiger partial charge in [0, 0.05) is 11.4 Å². The number of sulfonamides is 2. The maximum absolute atomic E-state index is 12.6. The van der Waals surface area contributed by atoms with Gasteiger partial charge in [-0.15, -0.1) is 0 Å². The zero-order valence-corrected chi connectivity index (χ0v) is 20.5. The number of benzene rings is 3. The van der Waals surface area contributed by atoms with E-state index in [0.29, 0.717) is 17.1 Å². The molecule has 2 N–H and O–H groups in total. The molecule has 0 aliphatic rings. The molecule has 0 atom stereocenters. The highest BCUT2D eigenvalue weighted by atomic mass is 32.2. The molecule has 3 rings (SSSR count). The standard InChI is InChI=1S/C23H25N3O6S2/c1-17-7-6-8-19(15-17)25-34(30,31)20-13-11-18(12-14-20)24-23(27)16-26(33(3,28)29)21-9-4-5-10-22(21)32-2/h4-15,25H,16H2,1-3H3,(H,24,27). The van der Waals surface area contributed by atoms with Crippen LogP contribution < -0.4 is 19.1 Å². The summed E-state index contributed by atoms with van der Waals surface area (Å²) in [6.07, 6.45) is 0.994. The quantitative estimate of drug-likeness (QED) is 0.462. The van der Waals surface area contributed by atoms with Gasteiger partial charge in [0.1, 0.15) is 12.3 Å². The number of anilines is 3. The number of nitrogens with zero attached hydrogens (tertiary/aromatic N) is 1. The highest BCUT2D eigenvalue weighted by Crippen LogP contribution is 2.29. The average Bonchev–Trinajstić information content (AvgIpc) is 2.77. The van der Waals surface area contributed by atoms with E-state index in [1.807, 2.05) is 13.0 Å². The van der Waals surface area contributed by atoms with Crippen molar-refractivity contribution in [3.63, 3.8) is 0 Å². The largest absolute Gasteiger partial charge is 0.495 e. The molecule has 0 heterocycles. The molecule has 0 saturated carbocycles. The molecule has 0 fully saturated rings. The SMILES string of the molecule is COc1ccccc1N(CC(=O)Nc1ccc(S(=O)(=O)Nc2cccc(C)c2)cc1)S(C)(=O)=O. The van der Waals surface area contributed by atoms with Gasteiger partial charge in [-0.1, -0.05) is 24.3 Å². The Morgan fingerprint density at radius 2 is 1.59 bits per heavy atom. The van der Waals surface area contributed by atoms with E-state index in [2.05, 4.69) is 10.0 Å². The first kappa shape index (κ1) is 25.1. The third-order valence-corrected chi connectivity index (χ3v) is 7.28. The van der Waals surface area contributed by atoms with Crippen molar-refractivity contribution >= 4 is 43.0 Å². The van der Waals surface area contributed by atoms with Crippen LogP contribution in [0.2, 0.25) is 0 Å². The monoisotopic (exact) mass is 503 g/mol. The molecule has 0 aliphatic heterocycles. The lowest BCUT2D eigenvalue weighted by molar-refractivity contribution is -0.114. The summed E-state index contributed by atoms with van der Waals surface area (Å²) in [7, 11) is -6.21. The Morgan fingerprint density at radius 3 is 2.21 bits per heavy atom. The first-order valence-electron chi connectivity index (χ1n) is 10.1. The van der Waals surface area contributed by atoms with E-state index in [1.54, 1.807) is 36.4 Å². The Bertz CT molecular complexity index is 1390. The number of hydrogen-bond acceptors (Lipinski definition) is 6. The molecule has 0 spiro atoms. The van der Waals surface area contributed by atoms with Gasteiger partial charge in [0.2, 0.25) is 15.9 Å². The predicted octanol–water partition coefficient (Wildman–Crippen LogP) is 3.21. The molecule has 0 saturated heterocycles. The molecular weight excluding hydrogens is 478 g/mol. The van der Waals surface area contributed by atoms with Crippen LogP contribution in [0.3, 0.4) is 0 Å². The van der Waals surface area contributed by atoms with Crippen LogP contribution in [-0.4, -0.2) is 42.7 Å². The third-order valence-electron chi connectivity index (χ3n) is 4.76. The van der Waals surface area contributed by atoms with Crippen molar-refractivity contribution in [3.05, 3.63) is 78.4 Å². The minimum atomic E-state index is -3.82. The first-order chi connectivity index (χ1) is 16.0. The molecule has 3 aromatic carbocycles. The molecule has 0 unspecified atom stereocenters. The van der Waals surface area contributed by atoms with E-state index in [4.69, 9.17) is 4.74 Å². The van der Waals surface area contributed by atoms with Crippen LogP contribution in [0.1, 0.15) is 5.56 Å². The maximum Gasteiger partial charge on any atom is 0.261 e. The second-order valence-electron chi connectivity index (χ2n) is 7.49. The second-order valence-corrected chi connectivity index (χ2v) is 11.1. The van der Waals surface area contributed by atoms with Crippen molar-refractivity contribution < 1.29 is 26.4 Å². The van der Waals surface area contributed by atoms with Crippen LogP contribution in [0.4, 0.5) is 17.1 Å². The zero-order chi connectivity index (χ0) is 24.9. The number of carbonyl (C=O) groups excluding carboxylic acids is 1. The van der Waals surface area contributed by atoms with Gasteiger partial charge in [-0.05, 0) is 61.0 Å². The summed E-state index contributed by atoms with van der Waals surface area (Å²) in [5.41, 5.74) is 1.89. The second kappa shape index (κ2) is 10.1. The van der Waals surface area contributed by atoms with Crippen LogP contribution in [0.25, 0.3) is 0 Å². The number of para-hydroxylation sites is 2. The van der Waals surface area contributed by atoms with Crippen LogP contribution in [0.5, 0.6) is 5.75 Å². The molecule has 0 radical (unpaired) electrons. The smallest absolute Gasteiger partial charge is 0.261 e. The average molecular weight is 504 g/mol. The lowest BCUT2D eigenvalue weighted by Crippen LogP contribution is -2.37. The number of nitrogens with one attached hydrogen (secondary N) is 2. The Kier molecular flexibility index (Phi) is 7.48. The molecular formula is C23H25N3O6S2. The van der Waals surface area contributed by atoms with Crippen molar-refractivity contribution in [2.24, 2.45) is 0 Å². The van der Waals surface area contributed by atoms with Crippen molar-refractivity contribution in [3.8, 4) is 5.75 Å². The number of carbonyl (C=O) groups is 1. The van der Waals surface area contributed by atoms with Crippen LogP contribution in [0, 0.1) is 6.92 Å². The normalized spacial score (nSPS) is 11.5. The molecule has 1 amide bonds. The van der Waals surface area contributed by atoms with Gasteiger partial charge in [-0.2, -0.15) is 0 Å². The Hall–Kier alpha value is -3.57. The van der Waals surface area contributed by atoms with Gasteiger partial charge < -0.3 is 10.1 Å². The summed E-state index contributed by atoms with van der Waals surface area (Å²) in [6.45, 7) is 1.36. The summed E-state index contributed by atoms with van der Waals surface area (Å²) in [5.74, 6) is -0.304. The van der Waals surface area contributed by atoms with Gasteiger partial charge in [-0.3, -0.25) is 13.8 Å². The summed E-state index contributed by atoms with van der Waals surface area (Å²) >= 11 is 0. The number of ether oxygens (including phenoxy) is 1. The minimum absolute atomic E-state index is 0.0128. The van der Waals surface area contributed by atoms with E-state index >= 15 is 0 Å². The van der Waals surface area contributed by atoms with Crippen molar-refractivity contribution in [2.75, 3.05) is 34.3 Å². The summed E-state index contributed by atoms with van der Waals surface area (Å²) < 4.78 is 58.6. The minimum Gasteiger partial charge on any atom is -0.495 e. The molecule has 180 valence electrons. The molecule has 0 bridgehead atoms. The molecule has 3 aromatic rings. The molecule has 0 aliphatic carbocycles. The number of amides is 1. The zero-order valence-electron chi connectivity index (χ0n) is 18.8. The first-order valence-corrected chi connectivity index (χ1v) is 13.4. The van der Waals surface area contributed by atoms with Gasteiger partial charge in [0.25, 0.3) is 10.0 Å². The Labute approximate surface area is 199 Å². The lowest BCUT2D eigenvalue weighted by atomic mass is 10.2. The van der Waals surface area contributed by atoms with E-state index in [0.717, 1.165) is 16.1 Å². The van der Waals surface area contributed by atoms with E-state index in [1.165, 1.54) is 37.4 Å². The van der Waals surface area contributed by atoms with Gasteiger partial charge in [-0.25, -0.2) is 16.8 Å². The Morgan fingerprint density at radius 1 is 0.912 bits per heavy atom. The van der Waals surface area contributed by atoms with Gasteiger partial charge in [0.15, 0.2) is 0 Å². The Balaban J connectivity index is 1.73. The summed E-state index contributed by atoms with van der Waals surface area (Å²) in [6, 6.07) is 19.0. The number of methoxy groups -OCH3 is 1. The van der Waals surface area contributed by atoms with E-state index < -0.39 is 32.5 Å². The van der Waals surface area contributed by atoms with Crippen molar-refractivity contribution in [1.82, 2.24) is 0 Å². The highest BCUT2D eigenvalue weighted by molar-refractivity contribution is 7.92. The maximum atomic E-state index is 12.6. The molecule has 0 aromatic heterocycles. The molecule has 9 nitrogen and oxygen atoms in total. The van der Waals surface area contributed by atoms with E-state index in [9.17, 15) is 21.6 Å². The van der Waals surface area contributed by atoms with E-state index in [-0.39, 0.29) is 10.6 Å². The predicted molar refractivity (Wildman–Crippen MR) is 132 cm³/mol. The van der Waals surface area contributed by atoms with Gasteiger partial charge >= 0.3 is 0 Å². The summed E-state index contributed by atoms with van der Waals surface area (Å²) in [4.78, 5) is 12.6. The van der Waals surface area contributed by atoms with Crippen molar-refractivity contribution in [1.29, 1.82) is 0 Å². The number of hydrogen-bond donors (Lipinski definition) is 2. The topological polar surface area (TPSA) is 122 Å².